The predicted molar refractivity (Wildman–Crippen MR) is 103 cm³/mol. The molecule has 0 spiro atoms. The number of nitrogens with one attached hydrogen (secondary N) is 1. The summed E-state index contributed by atoms with van der Waals surface area (Å²) in [5, 5.41) is 1.12. The number of pyridine rings is 1. The van der Waals surface area contributed by atoms with Gasteiger partial charge in [-0.3, -0.25) is 9.69 Å². The van der Waals surface area contributed by atoms with Crippen molar-refractivity contribution in [3.63, 3.8) is 0 Å². The maximum absolute atomic E-state index is 12.3. The Labute approximate surface area is 148 Å². The summed E-state index contributed by atoms with van der Waals surface area (Å²) in [4.78, 5) is 17.9. The van der Waals surface area contributed by atoms with Gasteiger partial charge in [-0.1, -0.05) is 48.5 Å². The van der Waals surface area contributed by atoms with E-state index in [4.69, 9.17) is 0 Å². The molecule has 0 amide bonds. The first-order valence-corrected chi connectivity index (χ1v) is 9.15. The van der Waals surface area contributed by atoms with E-state index in [2.05, 4.69) is 52.3 Å². The van der Waals surface area contributed by atoms with Crippen LogP contribution in [0.2, 0.25) is 0 Å². The molecule has 0 radical (unpaired) electrons. The molecule has 0 atom stereocenters. The van der Waals surface area contributed by atoms with Crippen molar-refractivity contribution in [3.8, 4) is 0 Å². The number of aromatic amines is 1. The van der Waals surface area contributed by atoms with Crippen molar-refractivity contribution in [3.05, 3.63) is 82.1 Å². The van der Waals surface area contributed by atoms with Crippen molar-refractivity contribution in [2.45, 2.75) is 25.8 Å². The molecule has 25 heavy (non-hydrogen) atoms. The van der Waals surface area contributed by atoms with Gasteiger partial charge in [0, 0.05) is 17.6 Å². The van der Waals surface area contributed by atoms with E-state index in [1.165, 1.54) is 18.4 Å². The monoisotopic (exact) mass is 332 g/mol. The largest absolute Gasteiger partial charge is 0.322 e. The molecule has 3 aromatic rings. The summed E-state index contributed by atoms with van der Waals surface area (Å²) in [5.41, 5.74) is 3.31. The standard InChI is InChI=1S/C22H24N2O/c25-22-20(15-19-8-4-5-9-21(19)23-22)14-17-10-12-24(13-11-17)16-18-6-2-1-3-7-18/h1-9,15,17H,10-14,16H2,(H,23,25). The van der Waals surface area contributed by atoms with Gasteiger partial charge in [0.25, 0.3) is 5.56 Å². The fraction of sp³-hybridized carbons (Fsp3) is 0.318. The average molecular weight is 332 g/mol. The van der Waals surface area contributed by atoms with Gasteiger partial charge in [0.15, 0.2) is 0 Å². The van der Waals surface area contributed by atoms with E-state index in [9.17, 15) is 4.79 Å². The lowest BCUT2D eigenvalue weighted by Crippen LogP contribution is -2.34. The van der Waals surface area contributed by atoms with Crippen molar-refractivity contribution in [1.29, 1.82) is 0 Å². The third-order valence-corrected chi connectivity index (χ3v) is 5.30. The van der Waals surface area contributed by atoms with Crippen molar-refractivity contribution >= 4 is 10.9 Å². The van der Waals surface area contributed by atoms with E-state index in [0.29, 0.717) is 5.92 Å². The lowest BCUT2D eigenvalue weighted by molar-refractivity contribution is 0.177. The lowest BCUT2D eigenvalue weighted by Gasteiger charge is -2.32. The molecule has 2 heterocycles. The Hall–Kier alpha value is -2.39. The highest BCUT2D eigenvalue weighted by atomic mass is 16.1. The zero-order valence-corrected chi connectivity index (χ0v) is 14.4. The number of likely N-dealkylation sites (tertiary alicyclic amines) is 1. The number of para-hydroxylation sites is 1. The van der Waals surface area contributed by atoms with Gasteiger partial charge in [0.05, 0.1) is 0 Å². The normalized spacial score (nSPS) is 16.3. The molecule has 128 valence electrons. The number of piperidine rings is 1. The molecular weight excluding hydrogens is 308 g/mol. The van der Waals surface area contributed by atoms with Crippen LogP contribution >= 0.6 is 0 Å². The molecule has 4 rings (SSSR count). The van der Waals surface area contributed by atoms with Crippen molar-refractivity contribution in [2.75, 3.05) is 13.1 Å². The van der Waals surface area contributed by atoms with Crippen LogP contribution in [0.25, 0.3) is 10.9 Å². The minimum Gasteiger partial charge on any atom is -0.322 e. The van der Waals surface area contributed by atoms with Crippen molar-refractivity contribution in [1.82, 2.24) is 9.88 Å². The zero-order valence-electron chi connectivity index (χ0n) is 14.4. The predicted octanol–water partition coefficient (Wildman–Crippen LogP) is 3.98. The van der Waals surface area contributed by atoms with Crippen LogP contribution in [0.15, 0.2) is 65.5 Å². The van der Waals surface area contributed by atoms with E-state index < -0.39 is 0 Å². The van der Waals surface area contributed by atoms with Crippen LogP contribution in [-0.4, -0.2) is 23.0 Å². The molecule has 0 unspecified atom stereocenters. The summed E-state index contributed by atoms with van der Waals surface area (Å²) in [7, 11) is 0. The van der Waals surface area contributed by atoms with Crippen LogP contribution in [-0.2, 0) is 13.0 Å². The van der Waals surface area contributed by atoms with Crippen LogP contribution < -0.4 is 5.56 Å². The second-order valence-corrected chi connectivity index (χ2v) is 7.12. The molecule has 3 nitrogen and oxygen atoms in total. The van der Waals surface area contributed by atoms with E-state index >= 15 is 0 Å². The highest BCUT2D eigenvalue weighted by Crippen LogP contribution is 2.23. The van der Waals surface area contributed by atoms with E-state index in [1.54, 1.807) is 0 Å². The number of fused-ring (bicyclic) bond motifs is 1. The molecule has 1 fully saturated rings. The summed E-state index contributed by atoms with van der Waals surface area (Å²) in [6.45, 7) is 3.26. The first-order valence-electron chi connectivity index (χ1n) is 9.15. The van der Waals surface area contributed by atoms with Gasteiger partial charge in [-0.15, -0.1) is 0 Å². The smallest absolute Gasteiger partial charge is 0.251 e. The number of H-pyrrole nitrogens is 1. The van der Waals surface area contributed by atoms with E-state index in [-0.39, 0.29) is 5.56 Å². The highest BCUT2D eigenvalue weighted by molar-refractivity contribution is 5.78. The summed E-state index contributed by atoms with van der Waals surface area (Å²) in [6.07, 6.45) is 3.22. The maximum atomic E-state index is 12.3. The Morgan fingerprint density at radius 2 is 1.68 bits per heavy atom. The summed E-state index contributed by atoms with van der Waals surface area (Å²) in [6, 6.07) is 20.7. The lowest BCUT2D eigenvalue weighted by atomic mass is 9.90. The minimum atomic E-state index is 0.0745. The minimum absolute atomic E-state index is 0.0745. The topological polar surface area (TPSA) is 36.1 Å². The Morgan fingerprint density at radius 1 is 0.960 bits per heavy atom. The van der Waals surface area contributed by atoms with E-state index in [0.717, 1.165) is 42.5 Å². The number of rotatable bonds is 4. The molecule has 1 aromatic heterocycles. The van der Waals surface area contributed by atoms with Crippen LogP contribution in [0.1, 0.15) is 24.0 Å². The third-order valence-electron chi connectivity index (χ3n) is 5.30. The number of aromatic nitrogens is 1. The van der Waals surface area contributed by atoms with E-state index in [1.807, 2.05) is 18.2 Å². The highest BCUT2D eigenvalue weighted by Gasteiger charge is 2.20. The average Bonchev–Trinajstić information content (AvgIpc) is 2.65. The maximum Gasteiger partial charge on any atom is 0.251 e. The molecule has 3 heteroatoms. The van der Waals surface area contributed by atoms with Gasteiger partial charge in [-0.25, -0.2) is 0 Å². The molecule has 1 aliphatic rings. The second-order valence-electron chi connectivity index (χ2n) is 7.12. The van der Waals surface area contributed by atoms with Crippen LogP contribution in [0, 0.1) is 5.92 Å². The van der Waals surface area contributed by atoms with Crippen LogP contribution in [0.3, 0.4) is 0 Å². The third kappa shape index (κ3) is 3.83. The quantitative estimate of drug-likeness (QED) is 0.784. The van der Waals surface area contributed by atoms with Crippen LogP contribution in [0.4, 0.5) is 0 Å². The molecule has 2 aromatic carbocycles. The first-order chi connectivity index (χ1) is 12.3. The Kier molecular flexibility index (Phi) is 4.66. The Balaban J connectivity index is 1.39. The number of hydrogen-bond acceptors (Lipinski definition) is 2. The van der Waals surface area contributed by atoms with Crippen molar-refractivity contribution in [2.24, 2.45) is 5.92 Å². The molecule has 1 N–H and O–H groups in total. The molecular formula is C22H24N2O. The van der Waals surface area contributed by atoms with Gasteiger partial charge in [-0.2, -0.15) is 0 Å². The van der Waals surface area contributed by atoms with Gasteiger partial charge < -0.3 is 4.98 Å². The van der Waals surface area contributed by atoms with Gasteiger partial charge in [0.1, 0.15) is 0 Å². The fourth-order valence-corrected chi connectivity index (χ4v) is 3.85. The zero-order chi connectivity index (χ0) is 17.1. The molecule has 1 saturated heterocycles. The Morgan fingerprint density at radius 3 is 2.48 bits per heavy atom. The van der Waals surface area contributed by atoms with Gasteiger partial charge in [0.2, 0.25) is 0 Å². The molecule has 0 bridgehead atoms. The summed E-state index contributed by atoms with van der Waals surface area (Å²) in [5.74, 6) is 0.606. The molecule has 1 aliphatic heterocycles. The summed E-state index contributed by atoms with van der Waals surface area (Å²) >= 11 is 0. The van der Waals surface area contributed by atoms with Gasteiger partial charge in [-0.05, 0) is 61.4 Å². The SMILES string of the molecule is O=c1[nH]c2ccccc2cc1CC1CCN(Cc2ccccc2)CC1. The fourth-order valence-electron chi connectivity index (χ4n) is 3.85. The molecule has 0 saturated carbocycles. The van der Waals surface area contributed by atoms with Gasteiger partial charge >= 0.3 is 0 Å². The Bertz CT molecular complexity index is 893. The van der Waals surface area contributed by atoms with Crippen molar-refractivity contribution < 1.29 is 0 Å². The first kappa shape index (κ1) is 16.1. The number of nitrogens with zero attached hydrogens (tertiary/aromatic N) is 1. The van der Waals surface area contributed by atoms with Crippen LogP contribution in [0.5, 0.6) is 0 Å². The second kappa shape index (κ2) is 7.24. The number of hydrogen-bond donors (Lipinski definition) is 1. The molecule has 0 aliphatic carbocycles. The number of benzene rings is 2. The summed E-state index contributed by atoms with van der Waals surface area (Å²) < 4.78 is 0.